The Hall–Kier alpha value is -0.280. The first-order valence-corrected chi connectivity index (χ1v) is 7.89. The van der Waals surface area contributed by atoms with Crippen molar-refractivity contribution in [2.24, 2.45) is 5.92 Å². The fourth-order valence-electron chi connectivity index (χ4n) is 3.07. The third kappa shape index (κ3) is 4.13. The molecule has 1 amide bonds. The van der Waals surface area contributed by atoms with Crippen LogP contribution in [0.15, 0.2) is 0 Å². The van der Waals surface area contributed by atoms with Crippen molar-refractivity contribution in [2.45, 2.75) is 38.5 Å². The molecule has 0 saturated carbocycles. The molecule has 3 nitrogen and oxygen atoms in total. The van der Waals surface area contributed by atoms with Gasteiger partial charge in [-0.15, -0.1) is 11.6 Å². The molecule has 2 heterocycles. The van der Waals surface area contributed by atoms with Gasteiger partial charge in [0.25, 0.3) is 0 Å². The molecule has 2 saturated heterocycles. The van der Waals surface area contributed by atoms with Crippen molar-refractivity contribution in [1.29, 1.82) is 0 Å². The molecule has 0 aromatic carbocycles. The van der Waals surface area contributed by atoms with E-state index in [2.05, 4.69) is 4.90 Å². The van der Waals surface area contributed by atoms with Crippen LogP contribution in [0.4, 0.5) is 0 Å². The Morgan fingerprint density at radius 2 is 1.78 bits per heavy atom. The van der Waals surface area contributed by atoms with Gasteiger partial charge in [-0.05, 0) is 51.1 Å². The van der Waals surface area contributed by atoms with Crippen LogP contribution in [0.3, 0.4) is 0 Å². The van der Waals surface area contributed by atoms with Gasteiger partial charge in [-0.3, -0.25) is 4.79 Å². The first-order chi connectivity index (χ1) is 8.79. The second-order valence-corrected chi connectivity index (χ2v) is 6.00. The van der Waals surface area contributed by atoms with Crippen LogP contribution < -0.4 is 0 Å². The van der Waals surface area contributed by atoms with Gasteiger partial charge in [-0.2, -0.15) is 0 Å². The number of amides is 1. The third-order valence-corrected chi connectivity index (χ3v) is 4.47. The van der Waals surface area contributed by atoms with Crippen LogP contribution in [-0.4, -0.2) is 54.3 Å². The number of piperidine rings is 1. The van der Waals surface area contributed by atoms with E-state index in [1.807, 2.05) is 4.90 Å². The van der Waals surface area contributed by atoms with Crippen LogP contribution in [0.25, 0.3) is 0 Å². The number of rotatable bonds is 5. The van der Waals surface area contributed by atoms with Crippen molar-refractivity contribution in [2.75, 3.05) is 38.6 Å². The molecule has 0 spiro atoms. The van der Waals surface area contributed by atoms with Crippen LogP contribution in [0, 0.1) is 5.92 Å². The van der Waals surface area contributed by atoms with E-state index in [4.69, 9.17) is 11.6 Å². The molecule has 0 aromatic heterocycles. The zero-order valence-corrected chi connectivity index (χ0v) is 12.0. The summed E-state index contributed by atoms with van der Waals surface area (Å²) in [6.07, 6.45) is 6.55. The zero-order valence-electron chi connectivity index (χ0n) is 11.2. The lowest BCUT2D eigenvalue weighted by atomic mass is 9.96. The van der Waals surface area contributed by atoms with Gasteiger partial charge in [0.05, 0.1) is 0 Å². The minimum absolute atomic E-state index is 0.301. The Morgan fingerprint density at radius 3 is 2.39 bits per heavy atom. The number of hydrogen-bond acceptors (Lipinski definition) is 2. The molecule has 2 fully saturated rings. The van der Waals surface area contributed by atoms with Gasteiger partial charge in [-0.1, -0.05) is 0 Å². The van der Waals surface area contributed by atoms with Crippen molar-refractivity contribution >= 4 is 17.5 Å². The summed E-state index contributed by atoms with van der Waals surface area (Å²) in [5.41, 5.74) is 0. The number of halogens is 1. The highest BCUT2D eigenvalue weighted by Crippen LogP contribution is 2.21. The van der Waals surface area contributed by atoms with Crippen LogP contribution in [0.2, 0.25) is 0 Å². The summed E-state index contributed by atoms with van der Waals surface area (Å²) in [4.78, 5) is 16.5. The monoisotopic (exact) mass is 272 g/mol. The predicted molar refractivity (Wildman–Crippen MR) is 74.9 cm³/mol. The molecular weight excluding hydrogens is 248 g/mol. The van der Waals surface area contributed by atoms with Crippen molar-refractivity contribution in [3.63, 3.8) is 0 Å². The maximum Gasteiger partial charge on any atom is 0.222 e. The van der Waals surface area contributed by atoms with E-state index in [9.17, 15) is 4.79 Å². The molecular formula is C14H25ClN2O. The number of nitrogens with zero attached hydrogens (tertiary/aromatic N) is 2. The van der Waals surface area contributed by atoms with Crippen molar-refractivity contribution in [3.8, 4) is 0 Å². The van der Waals surface area contributed by atoms with Gasteiger partial charge in [0, 0.05) is 31.9 Å². The van der Waals surface area contributed by atoms with Gasteiger partial charge >= 0.3 is 0 Å². The third-order valence-electron chi connectivity index (χ3n) is 4.21. The van der Waals surface area contributed by atoms with Crippen LogP contribution in [0.1, 0.15) is 38.5 Å². The molecule has 2 aliphatic heterocycles. The highest BCUT2D eigenvalue weighted by atomic mass is 35.5. The van der Waals surface area contributed by atoms with Crippen LogP contribution >= 0.6 is 11.6 Å². The van der Waals surface area contributed by atoms with E-state index >= 15 is 0 Å². The average Bonchev–Trinajstić information content (AvgIpc) is 2.89. The number of likely N-dealkylation sites (tertiary alicyclic amines) is 2. The predicted octanol–water partition coefficient (Wildman–Crippen LogP) is 2.34. The summed E-state index contributed by atoms with van der Waals surface area (Å²) < 4.78 is 0. The first-order valence-electron chi connectivity index (χ1n) is 7.35. The summed E-state index contributed by atoms with van der Waals surface area (Å²) in [5.74, 6) is 1.70. The molecule has 0 N–H and O–H groups in total. The Bertz CT molecular complexity index is 259. The topological polar surface area (TPSA) is 23.6 Å². The second-order valence-electron chi connectivity index (χ2n) is 5.62. The Labute approximate surface area is 115 Å². The van der Waals surface area contributed by atoms with E-state index < -0.39 is 0 Å². The van der Waals surface area contributed by atoms with Crippen molar-refractivity contribution < 1.29 is 4.79 Å². The second kappa shape index (κ2) is 7.34. The minimum atomic E-state index is 0.301. The van der Waals surface area contributed by atoms with Crippen LogP contribution in [0.5, 0.6) is 0 Å². The van der Waals surface area contributed by atoms with Crippen molar-refractivity contribution in [3.05, 3.63) is 0 Å². The molecule has 0 unspecified atom stereocenters. The lowest BCUT2D eigenvalue weighted by molar-refractivity contribution is -0.132. The Morgan fingerprint density at radius 1 is 1.11 bits per heavy atom. The summed E-state index contributed by atoms with van der Waals surface area (Å²) >= 11 is 5.63. The Kier molecular flexibility index (Phi) is 5.77. The average molecular weight is 273 g/mol. The van der Waals surface area contributed by atoms with Crippen molar-refractivity contribution in [1.82, 2.24) is 9.80 Å². The van der Waals surface area contributed by atoms with E-state index in [1.165, 1.54) is 45.3 Å². The highest BCUT2D eigenvalue weighted by Gasteiger charge is 2.24. The largest absolute Gasteiger partial charge is 0.343 e. The molecule has 0 aromatic rings. The van der Waals surface area contributed by atoms with Crippen LogP contribution in [-0.2, 0) is 4.79 Å². The van der Waals surface area contributed by atoms with Gasteiger partial charge < -0.3 is 9.80 Å². The molecule has 104 valence electrons. The maximum absolute atomic E-state index is 11.9. The Balaban J connectivity index is 1.65. The number of hydrogen-bond donors (Lipinski definition) is 0. The molecule has 0 bridgehead atoms. The molecule has 2 aliphatic rings. The number of carbonyl (C=O) groups excluding carboxylic acids is 1. The fourth-order valence-corrected chi connectivity index (χ4v) is 3.21. The first kappa shape index (κ1) is 14.1. The molecule has 18 heavy (non-hydrogen) atoms. The lowest BCUT2D eigenvalue weighted by Gasteiger charge is -2.34. The van der Waals surface area contributed by atoms with Gasteiger partial charge in [0.1, 0.15) is 0 Å². The quantitative estimate of drug-likeness (QED) is 0.718. The standard InChI is InChI=1S/C14H25ClN2O/c15-7-3-4-14(18)17-10-5-13(6-11-17)12-16-8-1-2-9-16/h13H,1-12H2. The maximum atomic E-state index is 11.9. The molecule has 2 rings (SSSR count). The normalized spacial score (nSPS) is 22.6. The molecule has 0 aliphatic carbocycles. The van der Waals surface area contributed by atoms with E-state index in [-0.39, 0.29) is 0 Å². The lowest BCUT2D eigenvalue weighted by Crippen LogP contribution is -2.41. The highest BCUT2D eigenvalue weighted by molar-refractivity contribution is 6.17. The summed E-state index contributed by atoms with van der Waals surface area (Å²) in [6.45, 7) is 5.74. The fraction of sp³-hybridized carbons (Fsp3) is 0.929. The smallest absolute Gasteiger partial charge is 0.222 e. The van der Waals surface area contributed by atoms with E-state index in [0.29, 0.717) is 18.2 Å². The number of carbonyl (C=O) groups is 1. The van der Waals surface area contributed by atoms with Gasteiger partial charge in [0.2, 0.25) is 5.91 Å². The van der Waals surface area contributed by atoms with Gasteiger partial charge in [0.15, 0.2) is 0 Å². The summed E-state index contributed by atoms with van der Waals surface area (Å²) in [6, 6.07) is 0. The minimum Gasteiger partial charge on any atom is -0.343 e. The zero-order chi connectivity index (χ0) is 12.8. The van der Waals surface area contributed by atoms with E-state index in [1.54, 1.807) is 0 Å². The number of alkyl halides is 1. The molecule has 4 heteroatoms. The summed E-state index contributed by atoms with van der Waals surface area (Å²) in [7, 11) is 0. The summed E-state index contributed by atoms with van der Waals surface area (Å²) in [5, 5.41) is 0. The van der Waals surface area contributed by atoms with E-state index in [0.717, 1.165) is 25.4 Å². The molecule has 0 radical (unpaired) electrons. The molecule has 0 atom stereocenters. The SMILES string of the molecule is O=C(CCCCl)N1CCC(CN2CCCC2)CC1. The van der Waals surface area contributed by atoms with Gasteiger partial charge in [-0.25, -0.2) is 0 Å².